The van der Waals surface area contributed by atoms with Gasteiger partial charge in [0, 0.05) is 13.2 Å². The van der Waals surface area contributed by atoms with Crippen molar-refractivity contribution in [2.75, 3.05) is 32.9 Å². The molecule has 0 aromatic rings. The molecule has 3 nitrogen and oxygen atoms in total. The fourth-order valence-electron chi connectivity index (χ4n) is 2.41. The third-order valence-corrected chi connectivity index (χ3v) is 3.40. The molecule has 1 N–H and O–H groups in total. The minimum atomic E-state index is 0.384. The second-order valence-electron chi connectivity index (χ2n) is 4.71. The zero-order valence-electron chi connectivity index (χ0n) is 9.54. The van der Waals surface area contributed by atoms with E-state index in [2.05, 4.69) is 5.32 Å². The predicted molar refractivity (Wildman–Crippen MR) is 60.0 cm³/mol. The van der Waals surface area contributed by atoms with Crippen LogP contribution >= 0.6 is 0 Å². The van der Waals surface area contributed by atoms with E-state index in [0.717, 1.165) is 25.7 Å². The number of piperidine rings is 1. The lowest BCUT2D eigenvalue weighted by atomic mass is 9.97. The van der Waals surface area contributed by atoms with E-state index in [1.54, 1.807) is 0 Å². The fourth-order valence-corrected chi connectivity index (χ4v) is 2.41. The molecule has 88 valence electrons. The molecule has 0 aromatic heterocycles. The second-order valence-corrected chi connectivity index (χ2v) is 4.71. The van der Waals surface area contributed by atoms with Crippen molar-refractivity contribution in [3.05, 3.63) is 0 Å². The normalized spacial score (nSPS) is 32.0. The van der Waals surface area contributed by atoms with Gasteiger partial charge in [-0.1, -0.05) is 0 Å². The zero-order chi connectivity index (χ0) is 10.3. The molecule has 2 aliphatic heterocycles. The molecule has 0 unspecified atom stereocenters. The molecule has 15 heavy (non-hydrogen) atoms. The molecule has 0 spiro atoms. The molecule has 2 fully saturated rings. The first-order chi connectivity index (χ1) is 7.45. The number of nitrogens with one attached hydrogen (secondary N) is 1. The summed E-state index contributed by atoms with van der Waals surface area (Å²) in [5.41, 5.74) is 0. The molecule has 2 aliphatic rings. The Morgan fingerprint density at radius 3 is 3.00 bits per heavy atom. The minimum absolute atomic E-state index is 0.384. The fraction of sp³-hybridized carbons (Fsp3) is 1.00. The van der Waals surface area contributed by atoms with Crippen molar-refractivity contribution in [1.82, 2.24) is 5.32 Å². The smallest absolute Gasteiger partial charge is 0.0809 e. The van der Waals surface area contributed by atoms with Crippen LogP contribution in [0.2, 0.25) is 0 Å². The van der Waals surface area contributed by atoms with E-state index in [0.29, 0.717) is 6.10 Å². The Morgan fingerprint density at radius 1 is 1.27 bits per heavy atom. The third-order valence-electron chi connectivity index (χ3n) is 3.40. The van der Waals surface area contributed by atoms with Gasteiger partial charge >= 0.3 is 0 Å². The van der Waals surface area contributed by atoms with Gasteiger partial charge in [0.15, 0.2) is 0 Å². The van der Waals surface area contributed by atoms with Crippen LogP contribution in [0.5, 0.6) is 0 Å². The lowest BCUT2D eigenvalue weighted by molar-refractivity contribution is 0.0126. The van der Waals surface area contributed by atoms with E-state index in [1.165, 1.54) is 45.2 Å². The molecule has 0 aliphatic carbocycles. The Morgan fingerprint density at radius 2 is 2.27 bits per heavy atom. The Balaban J connectivity index is 1.47. The monoisotopic (exact) mass is 213 g/mol. The van der Waals surface area contributed by atoms with Crippen LogP contribution in [0.3, 0.4) is 0 Å². The number of rotatable bonds is 5. The summed E-state index contributed by atoms with van der Waals surface area (Å²) in [5.74, 6) is 0.836. The summed E-state index contributed by atoms with van der Waals surface area (Å²) in [4.78, 5) is 0. The first-order valence-electron chi connectivity index (χ1n) is 6.35. The summed E-state index contributed by atoms with van der Waals surface area (Å²) in [6, 6.07) is 0. The van der Waals surface area contributed by atoms with E-state index in [1.807, 2.05) is 0 Å². The highest BCUT2D eigenvalue weighted by Crippen LogP contribution is 2.15. The highest BCUT2D eigenvalue weighted by molar-refractivity contribution is 4.69. The van der Waals surface area contributed by atoms with Gasteiger partial charge in [0.1, 0.15) is 0 Å². The van der Waals surface area contributed by atoms with Gasteiger partial charge in [-0.2, -0.15) is 0 Å². The summed E-state index contributed by atoms with van der Waals surface area (Å²) in [5, 5.41) is 3.44. The summed E-state index contributed by atoms with van der Waals surface area (Å²) in [6.45, 7) is 5.03. The van der Waals surface area contributed by atoms with E-state index in [4.69, 9.17) is 9.47 Å². The zero-order valence-corrected chi connectivity index (χ0v) is 9.54. The minimum Gasteiger partial charge on any atom is -0.379 e. The predicted octanol–water partition coefficient (Wildman–Crippen LogP) is 1.57. The Labute approximate surface area is 92.5 Å². The molecule has 0 aromatic carbocycles. The molecule has 2 rings (SSSR count). The SMILES string of the molecule is C1CNC[C@H](CCOC[C@@H]2CCCO2)C1. The number of ether oxygens (including phenoxy) is 2. The van der Waals surface area contributed by atoms with Crippen LogP contribution < -0.4 is 5.32 Å². The molecule has 2 atom stereocenters. The van der Waals surface area contributed by atoms with Crippen LogP contribution in [-0.4, -0.2) is 39.0 Å². The van der Waals surface area contributed by atoms with Crippen molar-refractivity contribution in [2.24, 2.45) is 5.92 Å². The van der Waals surface area contributed by atoms with E-state index in [-0.39, 0.29) is 0 Å². The molecular formula is C12H23NO2. The quantitative estimate of drug-likeness (QED) is 0.703. The van der Waals surface area contributed by atoms with Gasteiger partial charge in [-0.15, -0.1) is 0 Å². The third kappa shape index (κ3) is 4.09. The van der Waals surface area contributed by atoms with Crippen molar-refractivity contribution in [2.45, 2.75) is 38.2 Å². The lowest BCUT2D eigenvalue weighted by Gasteiger charge is -2.22. The Kier molecular flexibility index (Phi) is 4.90. The van der Waals surface area contributed by atoms with Gasteiger partial charge in [0.25, 0.3) is 0 Å². The van der Waals surface area contributed by atoms with Crippen LogP contribution in [0.25, 0.3) is 0 Å². The summed E-state index contributed by atoms with van der Waals surface area (Å²) < 4.78 is 11.2. The Hall–Kier alpha value is -0.120. The first-order valence-corrected chi connectivity index (χ1v) is 6.35. The van der Waals surface area contributed by atoms with Crippen molar-refractivity contribution in [3.63, 3.8) is 0 Å². The molecular weight excluding hydrogens is 190 g/mol. The van der Waals surface area contributed by atoms with Crippen LogP contribution in [-0.2, 0) is 9.47 Å². The summed E-state index contributed by atoms with van der Waals surface area (Å²) >= 11 is 0. The average Bonchev–Trinajstić information content (AvgIpc) is 2.79. The van der Waals surface area contributed by atoms with Crippen LogP contribution in [0.15, 0.2) is 0 Å². The van der Waals surface area contributed by atoms with E-state index < -0.39 is 0 Å². The highest BCUT2D eigenvalue weighted by Gasteiger charge is 2.16. The maximum Gasteiger partial charge on any atom is 0.0809 e. The molecule has 0 radical (unpaired) electrons. The van der Waals surface area contributed by atoms with Gasteiger partial charge in [-0.25, -0.2) is 0 Å². The van der Waals surface area contributed by atoms with Crippen molar-refractivity contribution < 1.29 is 9.47 Å². The van der Waals surface area contributed by atoms with Gasteiger partial charge in [-0.3, -0.25) is 0 Å². The van der Waals surface area contributed by atoms with Gasteiger partial charge in [0.05, 0.1) is 12.7 Å². The average molecular weight is 213 g/mol. The largest absolute Gasteiger partial charge is 0.379 e. The van der Waals surface area contributed by atoms with Crippen LogP contribution in [0.1, 0.15) is 32.1 Å². The van der Waals surface area contributed by atoms with Gasteiger partial charge in [0.2, 0.25) is 0 Å². The number of hydrogen-bond donors (Lipinski definition) is 1. The topological polar surface area (TPSA) is 30.5 Å². The maximum atomic E-state index is 5.67. The van der Waals surface area contributed by atoms with Crippen molar-refractivity contribution >= 4 is 0 Å². The molecule has 0 amide bonds. The van der Waals surface area contributed by atoms with Crippen molar-refractivity contribution in [3.8, 4) is 0 Å². The van der Waals surface area contributed by atoms with Gasteiger partial charge < -0.3 is 14.8 Å². The maximum absolute atomic E-state index is 5.67. The van der Waals surface area contributed by atoms with Crippen LogP contribution in [0.4, 0.5) is 0 Å². The molecule has 3 heteroatoms. The summed E-state index contributed by atoms with van der Waals surface area (Å²) in [6.07, 6.45) is 6.69. The number of hydrogen-bond acceptors (Lipinski definition) is 3. The summed E-state index contributed by atoms with van der Waals surface area (Å²) in [7, 11) is 0. The lowest BCUT2D eigenvalue weighted by Crippen LogP contribution is -2.30. The molecule has 2 saturated heterocycles. The van der Waals surface area contributed by atoms with E-state index in [9.17, 15) is 0 Å². The Bertz CT molecular complexity index is 163. The van der Waals surface area contributed by atoms with E-state index >= 15 is 0 Å². The highest BCUT2D eigenvalue weighted by atomic mass is 16.5. The van der Waals surface area contributed by atoms with Crippen molar-refractivity contribution in [1.29, 1.82) is 0 Å². The molecule has 0 saturated carbocycles. The molecule has 2 heterocycles. The second kappa shape index (κ2) is 6.46. The first kappa shape index (κ1) is 11.4. The van der Waals surface area contributed by atoms with Crippen LogP contribution in [0, 0.1) is 5.92 Å². The standard InChI is InChI=1S/C12H23NO2/c1-3-11(9-13-6-1)5-8-14-10-12-4-2-7-15-12/h11-13H,1-10H2/t11-,12-/m0/s1. The molecule has 0 bridgehead atoms. The van der Waals surface area contributed by atoms with Gasteiger partial charge in [-0.05, 0) is 51.1 Å².